The lowest BCUT2D eigenvalue weighted by Crippen LogP contribution is -2.04. The van der Waals surface area contributed by atoms with Gasteiger partial charge in [-0.3, -0.25) is 0 Å². The highest BCUT2D eigenvalue weighted by molar-refractivity contribution is 5.54. The Labute approximate surface area is 79.2 Å². The van der Waals surface area contributed by atoms with Gasteiger partial charge < -0.3 is 11.5 Å². The smallest absolute Gasteiger partial charge is 0.225 e. The van der Waals surface area contributed by atoms with Crippen molar-refractivity contribution in [1.29, 1.82) is 0 Å². The highest BCUT2D eigenvalue weighted by Gasteiger charge is 2.04. The molecule has 14 heavy (non-hydrogen) atoms. The van der Waals surface area contributed by atoms with Gasteiger partial charge in [-0.25, -0.2) is 0 Å². The molecule has 0 amide bonds. The Kier molecular flexibility index (Phi) is 1.90. The van der Waals surface area contributed by atoms with Crippen LogP contribution in [0.4, 0.5) is 11.9 Å². The second kappa shape index (κ2) is 3.21. The van der Waals surface area contributed by atoms with E-state index in [0.717, 1.165) is 0 Å². The van der Waals surface area contributed by atoms with Gasteiger partial charge in [-0.1, -0.05) is 0 Å². The fourth-order valence-corrected chi connectivity index (χ4v) is 0.961. The monoisotopic (exact) mass is 189 g/mol. The van der Waals surface area contributed by atoms with Crippen molar-refractivity contribution in [2.45, 2.75) is 0 Å². The molecule has 4 N–H and O–H groups in total. The van der Waals surface area contributed by atoms with Gasteiger partial charge in [0.1, 0.15) is 0 Å². The first-order valence-corrected chi connectivity index (χ1v) is 3.80. The van der Waals surface area contributed by atoms with Crippen LogP contribution in [-0.4, -0.2) is 25.1 Å². The van der Waals surface area contributed by atoms with Gasteiger partial charge in [-0.15, -0.1) is 0 Å². The molecule has 0 fully saturated rings. The van der Waals surface area contributed by atoms with Crippen LogP contribution in [0.15, 0.2) is 18.5 Å². The summed E-state index contributed by atoms with van der Waals surface area (Å²) in [6.45, 7) is 0. The number of nitrogen functional groups attached to an aromatic ring is 2. The summed E-state index contributed by atoms with van der Waals surface area (Å²) in [5.74, 6) is 0.568. The zero-order chi connectivity index (χ0) is 9.97. The molecule has 7 nitrogen and oxygen atoms in total. The Morgan fingerprint density at radius 3 is 2.21 bits per heavy atom. The van der Waals surface area contributed by atoms with Crippen LogP contribution < -0.4 is 11.5 Å². The lowest BCUT2D eigenvalue weighted by Gasteiger charge is -2.00. The summed E-state index contributed by atoms with van der Waals surface area (Å²) >= 11 is 0. The highest BCUT2D eigenvalue weighted by Crippen LogP contribution is 2.13. The van der Waals surface area contributed by atoms with Gasteiger partial charge in [0, 0.05) is 5.56 Å². The molecule has 0 radical (unpaired) electrons. The van der Waals surface area contributed by atoms with Crippen LogP contribution in [0.2, 0.25) is 0 Å². The molecule has 2 aromatic rings. The van der Waals surface area contributed by atoms with E-state index in [4.69, 9.17) is 11.5 Å². The predicted molar refractivity (Wildman–Crippen MR) is 49.7 cm³/mol. The fraction of sp³-hybridized carbons (Fsp3) is 0. The van der Waals surface area contributed by atoms with E-state index < -0.39 is 0 Å². The molecular weight excluding hydrogens is 182 g/mol. The van der Waals surface area contributed by atoms with E-state index in [9.17, 15) is 0 Å². The van der Waals surface area contributed by atoms with E-state index >= 15 is 0 Å². The van der Waals surface area contributed by atoms with Gasteiger partial charge in [0.2, 0.25) is 11.9 Å². The van der Waals surface area contributed by atoms with Crippen LogP contribution in [0.25, 0.3) is 11.4 Å². The maximum atomic E-state index is 5.42. The first-order valence-electron chi connectivity index (χ1n) is 3.80. The first kappa shape index (κ1) is 8.30. The Bertz CT molecular complexity index is 421. The molecule has 0 spiro atoms. The molecule has 70 valence electrons. The van der Waals surface area contributed by atoms with Crippen LogP contribution >= 0.6 is 0 Å². The number of hydrogen-bond acceptors (Lipinski definition) is 7. The molecule has 0 saturated heterocycles. The average Bonchev–Trinajstić information content (AvgIpc) is 2.18. The molecule has 2 rings (SSSR count). The van der Waals surface area contributed by atoms with Crippen molar-refractivity contribution < 1.29 is 0 Å². The summed E-state index contributed by atoms with van der Waals surface area (Å²) in [5.41, 5.74) is 11.5. The standard InChI is InChI=1S/C7H7N7/c8-6-12-5(13-7(9)14-6)4-1-2-10-11-3-4/h1-3H,(H4,8,9,12,13,14). The van der Waals surface area contributed by atoms with Crippen molar-refractivity contribution in [2.75, 3.05) is 11.5 Å². The third kappa shape index (κ3) is 1.56. The third-order valence-corrected chi connectivity index (χ3v) is 1.51. The highest BCUT2D eigenvalue weighted by atomic mass is 15.1. The number of nitrogens with zero attached hydrogens (tertiary/aromatic N) is 5. The summed E-state index contributed by atoms with van der Waals surface area (Å²) in [4.78, 5) is 11.5. The normalized spacial score (nSPS) is 10.0. The van der Waals surface area contributed by atoms with Crippen LogP contribution in [0.1, 0.15) is 0 Å². The summed E-state index contributed by atoms with van der Waals surface area (Å²) in [6, 6.07) is 1.71. The van der Waals surface area contributed by atoms with Crippen LogP contribution in [0.3, 0.4) is 0 Å². The average molecular weight is 189 g/mol. The zero-order valence-electron chi connectivity index (χ0n) is 7.12. The molecule has 0 saturated carbocycles. The Morgan fingerprint density at radius 1 is 0.929 bits per heavy atom. The number of nitrogens with two attached hydrogens (primary N) is 2. The van der Waals surface area contributed by atoms with Crippen molar-refractivity contribution in [3.05, 3.63) is 18.5 Å². The van der Waals surface area contributed by atoms with Gasteiger partial charge in [0.25, 0.3) is 0 Å². The van der Waals surface area contributed by atoms with E-state index in [1.807, 2.05) is 0 Å². The lowest BCUT2D eigenvalue weighted by molar-refractivity contribution is 1.02. The van der Waals surface area contributed by atoms with Crippen molar-refractivity contribution in [3.63, 3.8) is 0 Å². The van der Waals surface area contributed by atoms with Crippen molar-refractivity contribution in [1.82, 2.24) is 25.1 Å². The third-order valence-electron chi connectivity index (χ3n) is 1.51. The van der Waals surface area contributed by atoms with Gasteiger partial charge in [-0.05, 0) is 6.07 Å². The summed E-state index contributed by atoms with van der Waals surface area (Å²) < 4.78 is 0. The lowest BCUT2D eigenvalue weighted by atomic mass is 10.3. The minimum absolute atomic E-state index is 0.0873. The van der Waals surface area contributed by atoms with E-state index in [1.165, 1.54) is 12.4 Å². The van der Waals surface area contributed by atoms with Gasteiger partial charge in [0.15, 0.2) is 5.82 Å². The quantitative estimate of drug-likeness (QED) is 0.620. The largest absolute Gasteiger partial charge is 0.368 e. The van der Waals surface area contributed by atoms with Gasteiger partial charge in [-0.2, -0.15) is 25.1 Å². The maximum absolute atomic E-state index is 5.42. The molecule has 0 bridgehead atoms. The SMILES string of the molecule is Nc1nc(N)nc(-c2ccnnc2)n1. The number of anilines is 2. The van der Waals surface area contributed by atoms with E-state index in [1.54, 1.807) is 6.07 Å². The van der Waals surface area contributed by atoms with E-state index in [2.05, 4.69) is 25.1 Å². The molecule has 7 heteroatoms. The van der Waals surface area contributed by atoms with E-state index in [-0.39, 0.29) is 11.9 Å². The summed E-state index contributed by atoms with van der Waals surface area (Å²) in [7, 11) is 0. The predicted octanol–water partition coefficient (Wildman–Crippen LogP) is -0.507. The minimum atomic E-state index is 0.0873. The Morgan fingerprint density at radius 2 is 1.64 bits per heavy atom. The van der Waals surface area contributed by atoms with Gasteiger partial charge in [0.05, 0.1) is 12.4 Å². The molecule has 0 unspecified atom stereocenters. The number of hydrogen-bond donors (Lipinski definition) is 2. The molecular formula is C7H7N7. The zero-order valence-corrected chi connectivity index (χ0v) is 7.12. The first-order chi connectivity index (χ1) is 6.75. The Balaban J connectivity index is 2.52. The molecule has 0 aliphatic rings. The van der Waals surface area contributed by atoms with E-state index in [0.29, 0.717) is 11.4 Å². The summed E-state index contributed by atoms with van der Waals surface area (Å²) in [6.07, 6.45) is 3.06. The molecule has 0 atom stereocenters. The Hall–Kier alpha value is -2.31. The number of aromatic nitrogens is 5. The van der Waals surface area contributed by atoms with Crippen molar-refractivity contribution in [2.24, 2.45) is 0 Å². The molecule has 0 aliphatic heterocycles. The molecule has 2 aromatic heterocycles. The number of rotatable bonds is 1. The van der Waals surface area contributed by atoms with Gasteiger partial charge >= 0.3 is 0 Å². The molecule has 2 heterocycles. The van der Waals surface area contributed by atoms with Crippen molar-refractivity contribution >= 4 is 11.9 Å². The molecule has 0 aliphatic carbocycles. The minimum Gasteiger partial charge on any atom is -0.368 e. The maximum Gasteiger partial charge on any atom is 0.225 e. The van der Waals surface area contributed by atoms with Crippen LogP contribution in [-0.2, 0) is 0 Å². The molecule has 0 aromatic carbocycles. The second-order valence-corrected chi connectivity index (χ2v) is 2.51. The second-order valence-electron chi connectivity index (χ2n) is 2.51. The topological polar surface area (TPSA) is 116 Å². The van der Waals surface area contributed by atoms with Crippen LogP contribution in [0.5, 0.6) is 0 Å². The fourth-order valence-electron chi connectivity index (χ4n) is 0.961. The van der Waals surface area contributed by atoms with Crippen molar-refractivity contribution in [3.8, 4) is 11.4 Å². The summed E-state index contributed by atoms with van der Waals surface area (Å²) in [5, 5.41) is 7.32. The van der Waals surface area contributed by atoms with Crippen LogP contribution in [0, 0.1) is 0 Å².